The topological polar surface area (TPSA) is 149 Å². The van der Waals surface area contributed by atoms with E-state index in [1.807, 2.05) is 0 Å². The Labute approximate surface area is 214 Å². The van der Waals surface area contributed by atoms with Gasteiger partial charge in [-0.1, -0.05) is 17.7 Å². The molecule has 1 aliphatic rings. The van der Waals surface area contributed by atoms with Crippen LogP contribution < -0.4 is 11.1 Å². The van der Waals surface area contributed by atoms with E-state index >= 15 is 0 Å². The van der Waals surface area contributed by atoms with Gasteiger partial charge in [0.15, 0.2) is 5.69 Å². The molecule has 1 aliphatic heterocycles. The number of fused-ring (bicyclic) bond motifs is 1. The Morgan fingerprint density at radius 2 is 1.95 bits per heavy atom. The Bertz CT molecular complexity index is 1510. The van der Waals surface area contributed by atoms with E-state index in [4.69, 9.17) is 17.3 Å². The van der Waals surface area contributed by atoms with Gasteiger partial charge in [-0.2, -0.15) is 15.3 Å². The van der Waals surface area contributed by atoms with E-state index < -0.39 is 29.9 Å². The van der Waals surface area contributed by atoms with Crippen molar-refractivity contribution in [1.82, 2.24) is 29.9 Å². The molecule has 3 aromatic heterocycles. The quantitative estimate of drug-likeness (QED) is 0.394. The lowest BCUT2D eigenvalue weighted by Gasteiger charge is -2.23. The van der Waals surface area contributed by atoms with Gasteiger partial charge < -0.3 is 16.0 Å². The predicted molar refractivity (Wildman–Crippen MR) is 132 cm³/mol. The molecule has 2 atom stereocenters. The lowest BCUT2D eigenvalue weighted by molar-refractivity contribution is -0.137. The third-order valence-corrected chi connectivity index (χ3v) is 6.24. The second kappa shape index (κ2) is 9.90. The molecule has 2 unspecified atom stereocenters. The van der Waals surface area contributed by atoms with Crippen LogP contribution in [0.25, 0.3) is 22.0 Å². The molecule has 188 valence electrons. The summed E-state index contributed by atoms with van der Waals surface area (Å²) in [6.07, 6.45) is 4.40. The number of hydrogen-bond donors (Lipinski definition) is 2. The molecule has 13 heteroatoms. The molecular formula is C24H20ClFN8O3. The molecule has 0 bridgehead atoms. The minimum atomic E-state index is -1.37. The van der Waals surface area contributed by atoms with E-state index in [-0.39, 0.29) is 25.2 Å². The van der Waals surface area contributed by atoms with Crippen molar-refractivity contribution >= 4 is 45.9 Å². The minimum Gasteiger partial charge on any atom is -0.364 e. The molecule has 0 radical (unpaired) electrons. The normalized spacial score (nSPS) is 17.2. The van der Waals surface area contributed by atoms with Crippen molar-refractivity contribution < 1.29 is 18.8 Å². The molecule has 0 saturated carbocycles. The fourth-order valence-electron chi connectivity index (χ4n) is 4.36. The van der Waals surface area contributed by atoms with Crippen molar-refractivity contribution in [2.45, 2.75) is 25.2 Å². The van der Waals surface area contributed by atoms with E-state index in [1.54, 1.807) is 36.7 Å². The van der Waals surface area contributed by atoms with Crippen LogP contribution in [-0.4, -0.2) is 66.3 Å². The van der Waals surface area contributed by atoms with Crippen LogP contribution in [0.5, 0.6) is 0 Å². The number of primary amides is 1. The van der Waals surface area contributed by atoms with Crippen LogP contribution in [0, 0.1) is 0 Å². The van der Waals surface area contributed by atoms with Gasteiger partial charge in [-0.3, -0.25) is 24.0 Å². The number of nitrogens with zero attached hydrogens (tertiary/aromatic N) is 6. The van der Waals surface area contributed by atoms with Crippen LogP contribution in [0.15, 0.2) is 55.1 Å². The Kier molecular flexibility index (Phi) is 6.49. The number of aromatic nitrogens is 5. The van der Waals surface area contributed by atoms with Crippen molar-refractivity contribution in [3.8, 4) is 11.1 Å². The number of likely N-dealkylation sites (tertiary alicyclic amines) is 1. The Hall–Kier alpha value is -4.45. The predicted octanol–water partition coefficient (Wildman–Crippen LogP) is 2.22. The first kappa shape index (κ1) is 24.3. The lowest BCUT2D eigenvalue weighted by Crippen LogP contribution is -2.44. The van der Waals surface area contributed by atoms with Gasteiger partial charge in [-0.25, -0.2) is 4.39 Å². The zero-order chi connectivity index (χ0) is 26.1. The summed E-state index contributed by atoms with van der Waals surface area (Å²) in [4.78, 5) is 43.3. The molecule has 1 aromatic carbocycles. The zero-order valence-electron chi connectivity index (χ0n) is 19.2. The summed E-state index contributed by atoms with van der Waals surface area (Å²) in [5, 5.41) is 15.3. The number of rotatable bonds is 6. The van der Waals surface area contributed by atoms with Gasteiger partial charge >= 0.3 is 0 Å². The summed E-state index contributed by atoms with van der Waals surface area (Å²) in [7, 11) is 0. The minimum absolute atomic E-state index is 0.0146. The largest absolute Gasteiger partial charge is 0.364 e. The van der Waals surface area contributed by atoms with Gasteiger partial charge in [0, 0.05) is 23.6 Å². The van der Waals surface area contributed by atoms with Crippen molar-refractivity contribution in [3.05, 3.63) is 65.8 Å². The first-order valence-corrected chi connectivity index (χ1v) is 11.6. The monoisotopic (exact) mass is 522 g/mol. The van der Waals surface area contributed by atoms with Crippen molar-refractivity contribution in [1.29, 1.82) is 0 Å². The van der Waals surface area contributed by atoms with E-state index in [2.05, 4.69) is 25.6 Å². The highest BCUT2D eigenvalue weighted by atomic mass is 35.5. The van der Waals surface area contributed by atoms with Crippen molar-refractivity contribution in [2.75, 3.05) is 11.9 Å². The molecule has 0 spiro atoms. The molecule has 4 aromatic rings. The molecule has 11 nitrogen and oxygen atoms in total. The number of halogens is 2. The van der Waals surface area contributed by atoms with E-state index in [9.17, 15) is 18.8 Å². The van der Waals surface area contributed by atoms with Gasteiger partial charge in [-0.05, 0) is 29.8 Å². The second-order valence-electron chi connectivity index (χ2n) is 8.51. The van der Waals surface area contributed by atoms with E-state index in [0.717, 1.165) is 11.1 Å². The molecule has 1 saturated heterocycles. The molecule has 0 aliphatic carbocycles. The Morgan fingerprint density at radius 1 is 1.11 bits per heavy atom. The Morgan fingerprint density at radius 3 is 2.68 bits per heavy atom. The van der Waals surface area contributed by atoms with Crippen LogP contribution in [-0.2, 0) is 16.1 Å². The smallest absolute Gasteiger partial charge is 0.269 e. The number of amides is 3. The molecule has 37 heavy (non-hydrogen) atoms. The van der Waals surface area contributed by atoms with Crippen LogP contribution in [0.2, 0.25) is 5.02 Å². The number of benzene rings is 1. The summed E-state index contributed by atoms with van der Waals surface area (Å²) in [5.41, 5.74) is 7.87. The third kappa shape index (κ3) is 4.96. The number of carbonyl (C=O) groups is 3. The molecule has 1 fully saturated rings. The number of hydrogen-bond acceptors (Lipinski definition) is 7. The highest BCUT2D eigenvalue weighted by Crippen LogP contribution is 2.27. The lowest BCUT2D eigenvalue weighted by atomic mass is 10.0. The molecule has 5 rings (SSSR count). The van der Waals surface area contributed by atoms with Gasteiger partial charge in [0.25, 0.3) is 5.91 Å². The van der Waals surface area contributed by atoms with Gasteiger partial charge in [0.1, 0.15) is 18.8 Å². The summed E-state index contributed by atoms with van der Waals surface area (Å²) in [6, 6.07) is 7.44. The van der Waals surface area contributed by atoms with Crippen LogP contribution in [0.4, 0.5) is 10.1 Å². The second-order valence-corrected chi connectivity index (χ2v) is 8.95. The average Bonchev–Trinajstić information content (AvgIpc) is 3.45. The van der Waals surface area contributed by atoms with Gasteiger partial charge in [0.05, 0.1) is 41.4 Å². The number of carbonyl (C=O) groups excluding carboxylic acids is 3. The molecule has 3 N–H and O–H groups in total. The molecule has 3 amide bonds. The molecular weight excluding hydrogens is 503 g/mol. The third-order valence-electron chi connectivity index (χ3n) is 6.03. The SMILES string of the molecule is NC(=O)c1nn(CC(=O)N2CC(F)CC2C(=O)Nc2cncc(Cl)c2)c2ccc(-c3ccnnc3)cc12. The number of anilines is 1. The van der Waals surface area contributed by atoms with Crippen molar-refractivity contribution in [2.24, 2.45) is 5.73 Å². The summed E-state index contributed by atoms with van der Waals surface area (Å²) in [6.45, 7) is -0.569. The van der Waals surface area contributed by atoms with Crippen LogP contribution >= 0.6 is 11.6 Å². The first-order valence-electron chi connectivity index (χ1n) is 11.2. The zero-order valence-corrected chi connectivity index (χ0v) is 20.0. The maximum absolute atomic E-state index is 14.4. The highest BCUT2D eigenvalue weighted by molar-refractivity contribution is 6.30. The number of pyridine rings is 1. The van der Waals surface area contributed by atoms with Gasteiger partial charge in [-0.15, -0.1) is 0 Å². The summed E-state index contributed by atoms with van der Waals surface area (Å²) >= 11 is 5.91. The van der Waals surface area contributed by atoms with Gasteiger partial charge in [0.2, 0.25) is 11.8 Å². The maximum atomic E-state index is 14.4. The maximum Gasteiger partial charge on any atom is 0.269 e. The standard InChI is InChI=1S/C24H20ClFN8O3/c25-15-6-17(10-28-9-15)31-24(37)20-7-16(26)11-33(20)21(35)12-34-19-2-1-13(14-3-4-29-30-8-14)5-18(19)22(32-34)23(27)36/h1-6,8-10,16,20H,7,11-12H2,(H2,27,36)(H,31,37). The Balaban J connectivity index is 1.41. The molecule has 4 heterocycles. The number of nitrogens with two attached hydrogens (primary N) is 1. The fourth-order valence-corrected chi connectivity index (χ4v) is 4.53. The first-order chi connectivity index (χ1) is 17.8. The summed E-state index contributed by atoms with van der Waals surface area (Å²) < 4.78 is 15.7. The van der Waals surface area contributed by atoms with Crippen LogP contribution in [0.1, 0.15) is 16.9 Å². The van der Waals surface area contributed by atoms with E-state index in [1.165, 1.54) is 28.0 Å². The number of nitrogens with one attached hydrogen (secondary N) is 1. The fraction of sp³-hybridized carbons (Fsp3) is 0.208. The summed E-state index contributed by atoms with van der Waals surface area (Å²) in [5.74, 6) is -1.86. The van der Waals surface area contributed by atoms with E-state index in [0.29, 0.717) is 21.6 Å². The van der Waals surface area contributed by atoms with Crippen LogP contribution in [0.3, 0.4) is 0 Å². The van der Waals surface area contributed by atoms with Crippen molar-refractivity contribution in [3.63, 3.8) is 0 Å². The average molecular weight is 523 g/mol. The highest BCUT2D eigenvalue weighted by Gasteiger charge is 2.40. The number of alkyl halides is 1.